The van der Waals surface area contributed by atoms with Gasteiger partial charge in [0, 0.05) is 14.8 Å². The minimum Gasteiger partial charge on any atom is -0.491 e. The van der Waals surface area contributed by atoms with E-state index >= 15 is 0 Å². The molecule has 4 heteroatoms. The molecule has 3 aromatic rings. The van der Waals surface area contributed by atoms with Crippen LogP contribution in [-0.2, 0) is 0 Å². The second kappa shape index (κ2) is 5.43. The smallest absolute Gasteiger partial charge is 0.199 e. The molecule has 1 aromatic heterocycles. The minimum atomic E-state index is -0.0112. The maximum Gasteiger partial charge on any atom is 0.199 e. The Hall–Kier alpha value is -1.58. The van der Waals surface area contributed by atoms with Crippen LogP contribution >= 0.6 is 22.9 Å². The van der Waals surface area contributed by atoms with Crippen LogP contribution < -0.4 is 10.2 Å². The average molecular weight is 305 g/mol. The van der Waals surface area contributed by atoms with Gasteiger partial charge in [-0.2, -0.15) is 0 Å². The molecule has 0 bridgehead atoms. The highest BCUT2D eigenvalue weighted by Gasteiger charge is 2.14. The molecule has 0 aliphatic rings. The highest BCUT2D eigenvalue weighted by Crippen LogP contribution is 2.35. The lowest BCUT2D eigenvalue weighted by Crippen LogP contribution is -2.05. The number of halogens is 1. The summed E-state index contributed by atoms with van der Waals surface area (Å²) in [5.41, 5.74) is -0.0112. The Morgan fingerprint density at radius 2 is 1.95 bits per heavy atom. The molecule has 0 spiro atoms. The summed E-state index contributed by atoms with van der Waals surface area (Å²) in [5.74, 6) is 0.512. The topological polar surface area (TPSA) is 26.3 Å². The molecule has 3 rings (SSSR count). The lowest BCUT2D eigenvalue weighted by Gasteiger charge is -2.10. The third-order valence-corrected chi connectivity index (χ3v) is 4.53. The van der Waals surface area contributed by atoms with Crippen LogP contribution in [0.15, 0.2) is 41.2 Å². The van der Waals surface area contributed by atoms with Gasteiger partial charge in [0.25, 0.3) is 0 Å². The molecule has 1 heterocycles. The summed E-state index contributed by atoms with van der Waals surface area (Å²) in [5, 5.41) is 1.80. The molecule has 2 nitrogen and oxygen atoms in total. The van der Waals surface area contributed by atoms with E-state index in [0.29, 0.717) is 28.2 Å². The van der Waals surface area contributed by atoms with Crippen molar-refractivity contribution in [1.82, 2.24) is 0 Å². The Bertz CT molecular complexity index is 839. The van der Waals surface area contributed by atoms with Crippen LogP contribution in [0.5, 0.6) is 5.75 Å². The molecular weight excluding hydrogens is 292 g/mol. The van der Waals surface area contributed by atoms with Crippen LogP contribution in [0.3, 0.4) is 0 Å². The van der Waals surface area contributed by atoms with E-state index < -0.39 is 0 Å². The zero-order valence-corrected chi connectivity index (χ0v) is 12.6. The van der Waals surface area contributed by atoms with Gasteiger partial charge in [-0.25, -0.2) is 0 Å². The number of rotatable bonds is 3. The molecule has 0 aliphatic heterocycles. The normalized spacial score (nSPS) is 11.1. The van der Waals surface area contributed by atoms with E-state index in [2.05, 4.69) is 0 Å². The third-order valence-electron chi connectivity index (χ3n) is 3.10. The number of benzene rings is 2. The summed E-state index contributed by atoms with van der Waals surface area (Å²) in [6, 6.07) is 11.3. The molecule has 0 N–H and O–H groups in total. The van der Waals surface area contributed by atoms with Gasteiger partial charge in [-0.3, -0.25) is 4.79 Å². The number of ether oxygens (including phenoxy) is 1. The minimum absolute atomic E-state index is 0.0112. The molecule has 20 heavy (non-hydrogen) atoms. The summed E-state index contributed by atoms with van der Waals surface area (Å²) in [6.07, 6.45) is 0.873. The van der Waals surface area contributed by atoms with E-state index in [1.165, 1.54) is 0 Å². The van der Waals surface area contributed by atoms with E-state index in [-0.39, 0.29) is 5.43 Å². The summed E-state index contributed by atoms with van der Waals surface area (Å²) < 4.78 is 7.59. The van der Waals surface area contributed by atoms with Crippen LogP contribution in [-0.4, -0.2) is 6.61 Å². The van der Waals surface area contributed by atoms with Gasteiger partial charge < -0.3 is 4.74 Å². The Kier molecular flexibility index (Phi) is 3.64. The van der Waals surface area contributed by atoms with Gasteiger partial charge in [0.2, 0.25) is 0 Å². The van der Waals surface area contributed by atoms with E-state index in [1.54, 1.807) is 17.4 Å². The van der Waals surface area contributed by atoms with Crippen molar-refractivity contribution in [2.75, 3.05) is 6.61 Å². The van der Waals surface area contributed by atoms with Gasteiger partial charge in [-0.05, 0) is 30.7 Å². The largest absolute Gasteiger partial charge is 0.491 e. The van der Waals surface area contributed by atoms with Gasteiger partial charge in [-0.15, -0.1) is 11.3 Å². The van der Waals surface area contributed by atoms with E-state index in [0.717, 1.165) is 15.8 Å². The fraction of sp³-hybridized carbons (Fsp3) is 0.188. The second-order valence-corrected chi connectivity index (χ2v) is 6.02. The van der Waals surface area contributed by atoms with Crippen molar-refractivity contribution in [3.05, 3.63) is 51.6 Å². The molecular formula is C16H13ClO2S. The first-order chi connectivity index (χ1) is 9.72. The standard InChI is InChI=1S/C16H13ClO2S/c1-2-9-19-16-11(17)7-8-13-14(16)15(18)10-5-3-4-6-12(10)20-13/h3-8H,2,9H2,1H3. The maximum atomic E-state index is 12.7. The summed E-state index contributed by atoms with van der Waals surface area (Å²) in [6.45, 7) is 2.57. The molecule has 0 amide bonds. The van der Waals surface area contributed by atoms with Crippen LogP contribution in [0.25, 0.3) is 20.2 Å². The fourth-order valence-electron chi connectivity index (χ4n) is 2.18. The van der Waals surface area contributed by atoms with Crippen molar-refractivity contribution in [2.24, 2.45) is 0 Å². The zero-order valence-electron chi connectivity index (χ0n) is 11.0. The lowest BCUT2D eigenvalue weighted by atomic mass is 10.1. The van der Waals surface area contributed by atoms with Crippen molar-refractivity contribution in [1.29, 1.82) is 0 Å². The molecule has 2 aromatic carbocycles. The quantitative estimate of drug-likeness (QED) is 0.646. The second-order valence-electron chi connectivity index (χ2n) is 4.53. The summed E-state index contributed by atoms with van der Waals surface area (Å²) in [7, 11) is 0. The average Bonchev–Trinajstić information content (AvgIpc) is 2.47. The number of fused-ring (bicyclic) bond motifs is 2. The molecule has 0 radical (unpaired) electrons. The first-order valence-corrected chi connectivity index (χ1v) is 7.68. The highest BCUT2D eigenvalue weighted by molar-refractivity contribution is 7.24. The number of hydrogen-bond donors (Lipinski definition) is 0. The predicted molar refractivity (Wildman–Crippen MR) is 86.4 cm³/mol. The molecule has 0 fully saturated rings. The predicted octanol–water partition coefficient (Wildman–Crippen LogP) is 4.86. The first-order valence-electron chi connectivity index (χ1n) is 6.49. The summed E-state index contributed by atoms with van der Waals surface area (Å²) in [4.78, 5) is 12.7. The van der Waals surface area contributed by atoms with Gasteiger partial charge in [-0.1, -0.05) is 30.7 Å². The van der Waals surface area contributed by atoms with Crippen molar-refractivity contribution >= 4 is 43.1 Å². The molecule has 0 saturated carbocycles. The first kappa shape index (κ1) is 13.4. The molecule has 0 atom stereocenters. The van der Waals surface area contributed by atoms with Gasteiger partial charge in [0.05, 0.1) is 17.0 Å². The van der Waals surface area contributed by atoms with Crippen molar-refractivity contribution in [2.45, 2.75) is 13.3 Å². The van der Waals surface area contributed by atoms with Crippen molar-refractivity contribution < 1.29 is 4.74 Å². The third kappa shape index (κ3) is 2.17. The van der Waals surface area contributed by atoms with Crippen molar-refractivity contribution in [3.8, 4) is 5.75 Å². The van der Waals surface area contributed by atoms with Gasteiger partial charge in [0.1, 0.15) is 5.75 Å². The maximum absolute atomic E-state index is 12.7. The Balaban J connectivity index is 2.40. The Morgan fingerprint density at radius 1 is 1.15 bits per heavy atom. The van der Waals surface area contributed by atoms with Gasteiger partial charge >= 0.3 is 0 Å². The monoisotopic (exact) mass is 304 g/mol. The van der Waals surface area contributed by atoms with E-state index in [4.69, 9.17) is 16.3 Å². The molecule has 102 valence electrons. The molecule has 0 aliphatic carbocycles. The van der Waals surface area contributed by atoms with Crippen LogP contribution in [0.2, 0.25) is 5.02 Å². The number of hydrogen-bond acceptors (Lipinski definition) is 3. The van der Waals surface area contributed by atoms with E-state index in [1.807, 2.05) is 37.3 Å². The Morgan fingerprint density at radius 3 is 2.75 bits per heavy atom. The fourth-order valence-corrected chi connectivity index (χ4v) is 3.47. The summed E-state index contributed by atoms with van der Waals surface area (Å²) >= 11 is 7.79. The molecule has 0 saturated heterocycles. The zero-order chi connectivity index (χ0) is 14.1. The van der Waals surface area contributed by atoms with Crippen molar-refractivity contribution in [3.63, 3.8) is 0 Å². The lowest BCUT2D eigenvalue weighted by molar-refractivity contribution is 0.321. The van der Waals surface area contributed by atoms with Crippen LogP contribution in [0, 0.1) is 0 Å². The molecule has 0 unspecified atom stereocenters. The van der Waals surface area contributed by atoms with Crippen LogP contribution in [0.4, 0.5) is 0 Å². The highest BCUT2D eigenvalue weighted by atomic mass is 35.5. The van der Waals surface area contributed by atoms with Crippen LogP contribution in [0.1, 0.15) is 13.3 Å². The van der Waals surface area contributed by atoms with Gasteiger partial charge in [0.15, 0.2) is 5.43 Å². The Labute approximate surface area is 125 Å². The van der Waals surface area contributed by atoms with E-state index in [9.17, 15) is 4.79 Å². The SMILES string of the molecule is CCCOc1c(Cl)ccc2sc3ccccc3c(=O)c12.